The lowest BCUT2D eigenvalue weighted by molar-refractivity contribution is 0.139. The molecule has 22 heavy (non-hydrogen) atoms. The molecule has 0 saturated carbocycles. The van der Waals surface area contributed by atoms with E-state index in [1.807, 2.05) is 0 Å². The third-order valence-corrected chi connectivity index (χ3v) is 3.42. The van der Waals surface area contributed by atoms with Crippen LogP contribution in [0, 0.1) is 5.82 Å². The van der Waals surface area contributed by atoms with Gasteiger partial charge in [-0.3, -0.25) is 0 Å². The molecule has 2 aromatic carbocycles. The Bertz CT molecular complexity index is 649. The van der Waals surface area contributed by atoms with Crippen LogP contribution in [0.3, 0.4) is 0 Å². The summed E-state index contributed by atoms with van der Waals surface area (Å²) in [4.78, 5) is 11.8. The second kappa shape index (κ2) is 7.24. The first kappa shape index (κ1) is 16.3. The lowest BCUT2D eigenvalue weighted by atomic mass is 10.0. The maximum absolute atomic E-state index is 13.4. The Kier molecular flexibility index (Phi) is 5.35. The van der Waals surface area contributed by atoms with Gasteiger partial charge in [-0.1, -0.05) is 35.9 Å². The molecule has 2 amide bonds. The minimum absolute atomic E-state index is 0.0770. The molecule has 2 rings (SSSR count). The molecular formula is C16H16ClFN2O2. The van der Waals surface area contributed by atoms with E-state index in [0.29, 0.717) is 10.6 Å². The molecule has 0 saturated heterocycles. The van der Waals surface area contributed by atoms with Crippen molar-refractivity contribution in [3.05, 3.63) is 64.9 Å². The average Bonchev–Trinajstić information content (AvgIpc) is 2.49. The molecule has 2 atom stereocenters. The van der Waals surface area contributed by atoms with Crippen molar-refractivity contribution in [1.29, 1.82) is 0 Å². The molecule has 0 radical (unpaired) electrons. The summed E-state index contributed by atoms with van der Waals surface area (Å²) >= 11 is 5.79. The molecule has 2 unspecified atom stereocenters. The molecule has 3 N–H and O–H groups in total. The van der Waals surface area contributed by atoms with Crippen LogP contribution in [0.1, 0.15) is 18.6 Å². The standard InChI is InChI=1S/C16H16ClFN2O2/c1-10(15(21)11-6-8-12(17)9-7-11)19-16(22)20-14-5-3-2-4-13(14)18/h2-10,15,21H,1H3,(H2,19,20,22). The van der Waals surface area contributed by atoms with Gasteiger partial charge >= 0.3 is 6.03 Å². The first-order chi connectivity index (χ1) is 10.5. The van der Waals surface area contributed by atoms with Gasteiger partial charge in [-0.25, -0.2) is 9.18 Å². The number of carbonyl (C=O) groups is 1. The summed E-state index contributed by atoms with van der Waals surface area (Å²) in [5.74, 6) is -0.524. The van der Waals surface area contributed by atoms with Gasteiger partial charge in [-0.2, -0.15) is 0 Å². The van der Waals surface area contributed by atoms with E-state index in [0.717, 1.165) is 0 Å². The number of hydrogen-bond acceptors (Lipinski definition) is 2. The van der Waals surface area contributed by atoms with Crippen LogP contribution in [-0.2, 0) is 0 Å². The average molecular weight is 323 g/mol. The maximum Gasteiger partial charge on any atom is 0.319 e. The van der Waals surface area contributed by atoms with Gasteiger partial charge < -0.3 is 15.7 Å². The van der Waals surface area contributed by atoms with E-state index in [2.05, 4.69) is 10.6 Å². The number of aliphatic hydroxyl groups excluding tert-OH is 1. The fourth-order valence-corrected chi connectivity index (χ4v) is 2.08. The summed E-state index contributed by atoms with van der Waals surface area (Å²) in [5, 5.41) is 15.7. The van der Waals surface area contributed by atoms with Gasteiger partial charge in [0, 0.05) is 5.02 Å². The number of nitrogens with one attached hydrogen (secondary N) is 2. The summed E-state index contributed by atoms with van der Waals surface area (Å²) < 4.78 is 13.4. The molecule has 0 fully saturated rings. The Balaban J connectivity index is 1.96. The van der Waals surface area contributed by atoms with Gasteiger partial charge in [0.25, 0.3) is 0 Å². The van der Waals surface area contributed by atoms with E-state index in [4.69, 9.17) is 11.6 Å². The zero-order valence-electron chi connectivity index (χ0n) is 11.9. The van der Waals surface area contributed by atoms with Crippen LogP contribution in [0.15, 0.2) is 48.5 Å². The molecule has 0 spiro atoms. The molecular weight excluding hydrogens is 307 g/mol. The van der Waals surface area contributed by atoms with Gasteiger partial charge in [0.1, 0.15) is 5.82 Å². The van der Waals surface area contributed by atoms with Crippen molar-refractivity contribution >= 4 is 23.3 Å². The SMILES string of the molecule is CC(NC(=O)Nc1ccccc1F)C(O)c1ccc(Cl)cc1. The van der Waals surface area contributed by atoms with Gasteiger partial charge in [-0.15, -0.1) is 0 Å². The second-order valence-corrected chi connectivity index (χ2v) is 5.30. The van der Waals surface area contributed by atoms with Crippen molar-refractivity contribution in [3.8, 4) is 0 Å². The number of hydrogen-bond donors (Lipinski definition) is 3. The van der Waals surface area contributed by atoms with Crippen molar-refractivity contribution in [2.24, 2.45) is 0 Å². The molecule has 0 aliphatic carbocycles. The van der Waals surface area contributed by atoms with E-state index in [-0.39, 0.29) is 5.69 Å². The third kappa shape index (κ3) is 4.19. The normalized spacial score (nSPS) is 13.3. The summed E-state index contributed by atoms with van der Waals surface area (Å²) in [7, 11) is 0. The molecule has 2 aromatic rings. The summed E-state index contributed by atoms with van der Waals surface area (Å²) in [6, 6.07) is 11.4. The largest absolute Gasteiger partial charge is 0.386 e. The first-order valence-corrected chi connectivity index (χ1v) is 7.11. The summed E-state index contributed by atoms with van der Waals surface area (Å²) in [5.41, 5.74) is 0.705. The highest BCUT2D eigenvalue weighted by atomic mass is 35.5. The van der Waals surface area contributed by atoms with Crippen LogP contribution in [0.4, 0.5) is 14.9 Å². The van der Waals surface area contributed by atoms with E-state index >= 15 is 0 Å². The zero-order valence-corrected chi connectivity index (χ0v) is 12.6. The molecule has 0 heterocycles. The minimum atomic E-state index is -0.899. The second-order valence-electron chi connectivity index (χ2n) is 4.86. The molecule has 116 valence electrons. The van der Waals surface area contributed by atoms with Crippen molar-refractivity contribution in [1.82, 2.24) is 5.32 Å². The summed E-state index contributed by atoms with van der Waals surface area (Å²) in [6.07, 6.45) is -0.899. The monoisotopic (exact) mass is 322 g/mol. The van der Waals surface area contributed by atoms with E-state index in [1.165, 1.54) is 18.2 Å². The highest BCUT2D eigenvalue weighted by Gasteiger charge is 2.18. The molecule has 0 aliphatic heterocycles. The lowest BCUT2D eigenvalue weighted by Gasteiger charge is -2.21. The van der Waals surface area contributed by atoms with Crippen LogP contribution >= 0.6 is 11.6 Å². The van der Waals surface area contributed by atoms with E-state index in [1.54, 1.807) is 37.3 Å². The number of rotatable bonds is 4. The molecule has 6 heteroatoms. The first-order valence-electron chi connectivity index (χ1n) is 6.73. The van der Waals surface area contributed by atoms with Crippen molar-refractivity contribution in [2.45, 2.75) is 19.1 Å². The number of aliphatic hydroxyl groups is 1. The van der Waals surface area contributed by atoms with E-state index < -0.39 is 24.0 Å². The number of halogens is 2. The molecule has 0 aliphatic rings. The predicted octanol–water partition coefficient (Wildman–Crippen LogP) is 3.72. The van der Waals surface area contributed by atoms with Gasteiger partial charge in [0.05, 0.1) is 17.8 Å². The Labute approximate surface area is 132 Å². The van der Waals surface area contributed by atoms with Gasteiger partial charge in [0.2, 0.25) is 0 Å². The molecule has 0 aromatic heterocycles. The molecule has 4 nitrogen and oxygen atoms in total. The summed E-state index contributed by atoms with van der Waals surface area (Å²) in [6.45, 7) is 1.65. The van der Waals surface area contributed by atoms with E-state index in [9.17, 15) is 14.3 Å². The highest BCUT2D eigenvalue weighted by molar-refractivity contribution is 6.30. The third-order valence-electron chi connectivity index (χ3n) is 3.17. The highest BCUT2D eigenvalue weighted by Crippen LogP contribution is 2.19. The minimum Gasteiger partial charge on any atom is -0.386 e. The number of anilines is 1. The van der Waals surface area contributed by atoms with Crippen LogP contribution in [0.25, 0.3) is 0 Å². The predicted molar refractivity (Wildman–Crippen MR) is 84.4 cm³/mol. The number of amides is 2. The Morgan fingerprint density at radius 2 is 1.82 bits per heavy atom. The van der Waals surface area contributed by atoms with Crippen LogP contribution in [0.5, 0.6) is 0 Å². The Hall–Kier alpha value is -2.11. The zero-order chi connectivity index (χ0) is 16.1. The Morgan fingerprint density at radius 1 is 1.18 bits per heavy atom. The van der Waals surface area contributed by atoms with Crippen LogP contribution < -0.4 is 10.6 Å². The van der Waals surface area contributed by atoms with Crippen LogP contribution in [0.2, 0.25) is 5.02 Å². The maximum atomic E-state index is 13.4. The number of benzene rings is 2. The van der Waals surface area contributed by atoms with Crippen molar-refractivity contribution in [2.75, 3.05) is 5.32 Å². The van der Waals surface area contributed by atoms with Crippen molar-refractivity contribution < 1.29 is 14.3 Å². The van der Waals surface area contributed by atoms with Gasteiger partial charge in [-0.05, 0) is 36.8 Å². The van der Waals surface area contributed by atoms with Gasteiger partial charge in [0.15, 0.2) is 0 Å². The van der Waals surface area contributed by atoms with Crippen molar-refractivity contribution in [3.63, 3.8) is 0 Å². The number of carbonyl (C=O) groups excluding carboxylic acids is 1. The quantitative estimate of drug-likeness (QED) is 0.803. The smallest absolute Gasteiger partial charge is 0.319 e. The fraction of sp³-hybridized carbons (Fsp3) is 0.188. The fourth-order valence-electron chi connectivity index (χ4n) is 1.96. The topological polar surface area (TPSA) is 61.4 Å². The Morgan fingerprint density at radius 3 is 2.45 bits per heavy atom. The molecule has 0 bridgehead atoms. The van der Waals surface area contributed by atoms with Crippen LogP contribution in [-0.4, -0.2) is 17.2 Å². The number of para-hydroxylation sites is 1. The number of urea groups is 1. The lowest BCUT2D eigenvalue weighted by Crippen LogP contribution is -2.39.